The summed E-state index contributed by atoms with van der Waals surface area (Å²) in [6.07, 6.45) is 0.359. The maximum absolute atomic E-state index is 12.2. The van der Waals surface area contributed by atoms with E-state index in [-0.39, 0.29) is 24.5 Å². The third-order valence-corrected chi connectivity index (χ3v) is 3.64. The fourth-order valence-corrected chi connectivity index (χ4v) is 2.37. The van der Waals surface area contributed by atoms with Crippen LogP contribution in [0.1, 0.15) is 34.3 Å². The van der Waals surface area contributed by atoms with Gasteiger partial charge in [-0.15, -0.1) is 0 Å². The molecule has 2 rings (SSSR count). The second-order valence-corrected chi connectivity index (χ2v) is 5.73. The van der Waals surface area contributed by atoms with Crippen molar-refractivity contribution < 1.29 is 9.59 Å². The molecule has 0 saturated carbocycles. The minimum atomic E-state index is -0.180. The Morgan fingerprint density at radius 2 is 1.68 bits per heavy atom. The summed E-state index contributed by atoms with van der Waals surface area (Å²) >= 11 is 5.79. The van der Waals surface area contributed by atoms with Crippen molar-refractivity contribution in [2.24, 2.45) is 0 Å². The highest BCUT2D eigenvalue weighted by atomic mass is 35.5. The Kier molecular flexibility index (Phi) is 5.34. The fraction of sp³-hybridized carbons (Fsp3) is 0.222. The smallest absolute Gasteiger partial charge is 0.224 e. The van der Waals surface area contributed by atoms with Crippen LogP contribution in [-0.2, 0) is 4.79 Å². The van der Waals surface area contributed by atoms with Gasteiger partial charge >= 0.3 is 0 Å². The summed E-state index contributed by atoms with van der Waals surface area (Å²) in [5, 5.41) is 3.36. The van der Waals surface area contributed by atoms with E-state index in [0.717, 1.165) is 11.1 Å². The van der Waals surface area contributed by atoms with Gasteiger partial charge in [0.05, 0.1) is 0 Å². The Morgan fingerprint density at radius 3 is 2.32 bits per heavy atom. The SMILES string of the molecule is Cc1ccc(C(=O)CCC(=O)Nc2ccc(Cl)cc2)c(C)c1. The van der Waals surface area contributed by atoms with Crippen LogP contribution in [0.2, 0.25) is 5.02 Å². The summed E-state index contributed by atoms with van der Waals surface area (Å²) < 4.78 is 0. The number of carbonyl (C=O) groups is 2. The number of ketones is 1. The van der Waals surface area contributed by atoms with Crippen molar-refractivity contribution in [1.29, 1.82) is 0 Å². The van der Waals surface area contributed by atoms with E-state index in [0.29, 0.717) is 16.3 Å². The number of benzene rings is 2. The lowest BCUT2D eigenvalue weighted by atomic mass is 9.99. The molecule has 2 aromatic carbocycles. The van der Waals surface area contributed by atoms with Crippen LogP contribution in [0, 0.1) is 13.8 Å². The Hall–Kier alpha value is -2.13. The van der Waals surface area contributed by atoms with Crippen LogP contribution in [-0.4, -0.2) is 11.7 Å². The maximum Gasteiger partial charge on any atom is 0.224 e. The summed E-state index contributed by atoms with van der Waals surface area (Å²) in [5.74, 6) is -0.191. The molecule has 0 heterocycles. The molecule has 0 fully saturated rings. The van der Waals surface area contributed by atoms with E-state index in [1.165, 1.54) is 0 Å². The highest BCUT2D eigenvalue weighted by molar-refractivity contribution is 6.30. The molecule has 2 aromatic rings. The molecule has 0 spiro atoms. The molecule has 4 heteroatoms. The van der Waals surface area contributed by atoms with Crippen LogP contribution in [0.15, 0.2) is 42.5 Å². The van der Waals surface area contributed by atoms with Crippen LogP contribution in [0.25, 0.3) is 0 Å². The minimum absolute atomic E-state index is 0.0104. The van der Waals surface area contributed by atoms with Crippen LogP contribution in [0.5, 0.6) is 0 Å². The topological polar surface area (TPSA) is 46.2 Å². The predicted octanol–water partition coefficient (Wildman–Crippen LogP) is 4.56. The van der Waals surface area contributed by atoms with Gasteiger partial charge in [0.15, 0.2) is 5.78 Å². The molecule has 1 N–H and O–H groups in total. The van der Waals surface area contributed by atoms with E-state index in [2.05, 4.69) is 5.32 Å². The van der Waals surface area contributed by atoms with Crippen molar-refractivity contribution in [3.8, 4) is 0 Å². The quantitative estimate of drug-likeness (QED) is 0.822. The van der Waals surface area contributed by atoms with Gasteiger partial charge in [-0.1, -0.05) is 35.4 Å². The molecule has 22 heavy (non-hydrogen) atoms. The van der Waals surface area contributed by atoms with Gasteiger partial charge in [-0.2, -0.15) is 0 Å². The van der Waals surface area contributed by atoms with Crippen LogP contribution >= 0.6 is 11.6 Å². The van der Waals surface area contributed by atoms with Gasteiger partial charge in [0.2, 0.25) is 5.91 Å². The molecule has 0 unspecified atom stereocenters. The number of hydrogen-bond donors (Lipinski definition) is 1. The molecule has 114 valence electrons. The normalized spacial score (nSPS) is 10.3. The van der Waals surface area contributed by atoms with Crippen molar-refractivity contribution in [2.75, 3.05) is 5.32 Å². The van der Waals surface area contributed by atoms with Crippen molar-refractivity contribution in [3.63, 3.8) is 0 Å². The largest absolute Gasteiger partial charge is 0.326 e. The van der Waals surface area contributed by atoms with Gasteiger partial charge in [0.25, 0.3) is 0 Å². The molecule has 0 aliphatic heterocycles. The van der Waals surface area contributed by atoms with Crippen molar-refractivity contribution >= 4 is 29.0 Å². The number of carbonyl (C=O) groups excluding carboxylic acids is 2. The van der Waals surface area contributed by atoms with Crippen molar-refractivity contribution in [3.05, 3.63) is 64.2 Å². The molecule has 0 atom stereocenters. The number of amides is 1. The minimum Gasteiger partial charge on any atom is -0.326 e. The second-order valence-electron chi connectivity index (χ2n) is 5.30. The number of nitrogens with one attached hydrogen (secondary N) is 1. The Balaban J connectivity index is 1.90. The number of anilines is 1. The fourth-order valence-electron chi connectivity index (χ4n) is 2.24. The average Bonchev–Trinajstić information content (AvgIpc) is 2.47. The molecule has 0 radical (unpaired) electrons. The zero-order chi connectivity index (χ0) is 16.1. The predicted molar refractivity (Wildman–Crippen MR) is 89.6 cm³/mol. The van der Waals surface area contributed by atoms with Gasteiger partial charge in [-0.3, -0.25) is 9.59 Å². The van der Waals surface area contributed by atoms with E-state index in [4.69, 9.17) is 11.6 Å². The first-order valence-electron chi connectivity index (χ1n) is 7.11. The Bertz CT molecular complexity index is 693. The van der Waals surface area contributed by atoms with Gasteiger partial charge in [-0.25, -0.2) is 0 Å². The van der Waals surface area contributed by atoms with E-state index < -0.39 is 0 Å². The molecular weight excluding hydrogens is 298 g/mol. The number of aryl methyl sites for hydroxylation is 2. The first-order valence-corrected chi connectivity index (χ1v) is 7.49. The number of hydrogen-bond acceptors (Lipinski definition) is 2. The molecule has 0 aromatic heterocycles. The zero-order valence-corrected chi connectivity index (χ0v) is 13.4. The molecule has 3 nitrogen and oxygen atoms in total. The summed E-state index contributed by atoms with van der Waals surface area (Å²) in [5.41, 5.74) is 3.43. The molecular formula is C18H18ClNO2. The van der Waals surface area contributed by atoms with E-state index in [1.807, 2.05) is 32.0 Å². The molecule has 0 saturated heterocycles. The van der Waals surface area contributed by atoms with Crippen LogP contribution < -0.4 is 5.32 Å². The Labute approximate surface area is 135 Å². The maximum atomic E-state index is 12.2. The number of Topliss-reactive ketones (excluding diaryl/α,β-unsaturated/α-hetero) is 1. The lowest BCUT2D eigenvalue weighted by Gasteiger charge is -2.07. The van der Waals surface area contributed by atoms with E-state index >= 15 is 0 Å². The third-order valence-electron chi connectivity index (χ3n) is 3.39. The van der Waals surface area contributed by atoms with Gasteiger partial charge in [0, 0.05) is 29.1 Å². The van der Waals surface area contributed by atoms with E-state index in [1.54, 1.807) is 24.3 Å². The van der Waals surface area contributed by atoms with Crippen LogP contribution in [0.3, 0.4) is 0 Å². The average molecular weight is 316 g/mol. The molecule has 0 bridgehead atoms. The van der Waals surface area contributed by atoms with Crippen molar-refractivity contribution in [1.82, 2.24) is 0 Å². The lowest BCUT2D eigenvalue weighted by Crippen LogP contribution is -2.13. The molecule has 1 amide bonds. The highest BCUT2D eigenvalue weighted by Crippen LogP contribution is 2.16. The Morgan fingerprint density at radius 1 is 1.00 bits per heavy atom. The van der Waals surface area contributed by atoms with Gasteiger partial charge in [-0.05, 0) is 43.7 Å². The van der Waals surface area contributed by atoms with Gasteiger partial charge < -0.3 is 5.32 Å². The summed E-state index contributed by atoms with van der Waals surface area (Å²) in [6, 6.07) is 12.6. The molecule has 0 aliphatic rings. The van der Waals surface area contributed by atoms with Crippen LogP contribution in [0.4, 0.5) is 5.69 Å². The van der Waals surface area contributed by atoms with E-state index in [9.17, 15) is 9.59 Å². The molecule has 0 aliphatic carbocycles. The second kappa shape index (κ2) is 7.23. The first kappa shape index (κ1) is 16.2. The lowest BCUT2D eigenvalue weighted by molar-refractivity contribution is -0.116. The summed E-state index contributed by atoms with van der Waals surface area (Å²) in [7, 11) is 0. The number of rotatable bonds is 5. The third kappa shape index (κ3) is 4.43. The highest BCUT2D eigenvalue weighted by Gasteiger charge is 2.11. The summed E-state index contributed by atoms with van der Waals surface area (Å²) in [6.45, 7) is 3.90. The first-order chi connectivity index (χ1) is 10.5. The summed E-state index contributed by atoms with van der Waals surface area (Å²) in [4.78, 5) is 24.1. The number of halogens is 1. The van der Waals surface area contributed by atoms with Crippen molar-refractivity contribution in [2.45, 2.75) is 26.7 Å². The van der Waals surface area contributed by atoms with Gasteiger partial charge in [0.1, 0.15) is 0 Å². The standard InChI is InChI=1S/C18H18ClNO2/c1-12-3-8-16(13(2)11-12)17(21)9-10-18(22)20-15-6-4-14(19)5-7-15/h3-8,11H,9-10H2,1-2H3,(H,20,22). The monoisotopic (exact) mass is 315 g/mol. The zero-order valence-electron chi connectivity index (χ0n) is 12.7.